The molecule has 0 aromatic heterocycles. The lowest BCUT2D eigenvalue weighted by molar-refractivity contribution is -0.168. The first-order valence-corrected chi connectivity index (χ1v) is 9.32. The molecule has 0 heterocycles. The van der Waals surface area contributed by atoms with E-state index in [2.05, 4.69) is 36.4 Å². The number of aliphatic imine (C=N–C) groups is 1. The molecule has 2 saturated carbocycles. The van der Waals surface area contributed by atoms with Gasteiger partial charge in [-0.05, 0) is 39.5 Å². The predicted octanol–water partition coefficient (Wildman–Crippen LogP) is 2.37. The summed E-state index contributed by atoms with van der Waals surface area (Å²) in [7, 11) is 3.52. The van der Waals surface area contributed by atoms with Crippen molar-refractivity contribution in [1.82, 2.24) is 15.5 Å². The third-order valence-electron chi connectivity index (χ3n) is 5.61. The van der Waals surface area contributed by atoms with Crippen molar-refractivity contribution in [2.45, 2.75) is 71.1 Å². The third-order valence-corrected chi connectivity index (χ3v) is 5.61. The number of ether oxygens (including phenoxy) is 1. The van der Waals surface area contributed by atoms with Gasteiger partial charge in [0.05, 0.1) is 6.10 Å². The monoisotopic (exact) mass is 466 g/mol. The van der Waals surface area contributed by atoms with Gasteiger partial charge in [0.25, 0.3) is 0 Å². The molecule has 1 amide bonds. The minimum absolute atomic E-state index is 0. The van der Waals surface area contributed by atoms with Crippen molar-refractivity contribution < 1.29 is 9.53 Å². The van der Waals surface area contributed by atoms with Crippen LogP contribution >= 0.6 is 24.0 Å². The Morgan fingerprint density at radius 3 is 2.52 bits per heavy atom. The van der Waals surface area contributed by atoms with E-state index >= 15 is 0 Å². The zero-order chi connectivity index (χ0) is 17.7. The number of carbonyl (C=O) groups excluding carboxylic acids is 1. The van der Waals surface area contributed by atoms with Gasteiger partial charge in [0, 0.05) is 38.2 Å². The van der Waals surface area contributed by atoms with Crippen molar-refractivity contribution in [3.8, 4) is 0 Å². The first kappa shape index (κ1) is 22.5. The van der Waals surface area contributed by atoms with Crippen LogP contribution in [0.2, 0.25) is 0 Å². The van der Waals surface area contributed by atoms with Crippen LogP contribution in [0.1, 0.15) is 52.9 Å². The highest BCUT2D eigenvalue weighted by molar-refractivity contribution is 14.0. The Morgan fingerprint density at radius 1 is 1.36 bits per heavy atom. The van der Waals surface area contributed by atoms with E-state index < -0.39 is 0 Å². The normalized spacial score (nSPS) is 25.2. The highest BCUT2D eigenvalue weighted by atomic mass is 127. The number of nitrogens with one attached hydrogen (secondary N) is 2. The highest BCUT2D eigenvalue weighted by Crippen LogP contribution is 2.57. The lowest BCUT2D eigenvalue weighted by atomic mass is 9.51. The first-order chi connectivity index (χ1) is 11.4. The Kier molecular flexibility index (Phi) is 8.94. The van der Waals surface area contributed by atoms with Crippen LogP contribution in [-0.2, 0) is 9.53 Å². The molecule has 0 aromatic carbocycles. The maximum absolute atomic E-state index is 11.8. The summed E-state index contributed by atoms with van der Waals surface area (Å²) in [5, 5.41) is 7.00. The van der Waals surface area contributed by atoms with Crippen LogP contribution in [0.15, 0.2) is 4.99 Å². The van der Waals surface area contributed by atoms with Crippen LogP contribution in [0.4, 0.5) is 0 Å². The van der Waals surface area contributed by atoms with Gasteiger partial charge in [-0.25, -0.2) is 4.99 Å². The smallest absolute Gasteiger partial charge is 0.243 e. The fourth-order valence-electron chi connectivity index (χ4n) is 3.56. The largest absolute Gasteiger partial charge is 0.378 e. The fraction of sp³-hybridized carbons (Fsp3) is 0.889. The van der Waals surface area contributed by atoms with Gasteiger partial charge in [-0.2, -0.15) is 0 Å². The highest BCUT2D eigenvalue weighted by Gasteiger charge is 2.59. The maximum Gasteiger partial charge on any atom is 0.243 e. The van der Waals surface area contributed by atoms with Gasteiger partial charge in [0.2, 0.25) is 5.91 Å². The molecule has 3 atom stereocenters. The van der Waals surface area contributed by atoms with E-state index in [1.165, 1.54) is 19.3 Å². The van der Waals surface area contributed by atoms with Crippen molar-refractivity contribution in [1.29, 1.82) is 0 Å². The number of rotatable bonds is 7. The molecule has 1 spiro atoms. The van der Waals surface area contributed by atoms with Gasteiger partial charge in [-0.15, -0.1) is 24.0 Å². The Hall–Kier alpha value is -0.570. The van der Waals surface area contributed by atoms with Crippen molar-refractivity contribution in [2.24, 2.45) is 10.4 Å². The summed E-state index contributed by atoms with van der Waals surface area (Å²) in [5.41, 5.74) is 0.277. The molecule has 0 radical (unpaired) electrons. The second kappa shape index (κ2) is 9.94. The number of amides is 1. The van der Waals surface area contributed by atoms with Crippen LogP contribution in [0.3, 0.4) is 0 Å². The molecular weight excluding hydrogens is 431 g/mol. The molecule has 2 aliphatic carbocycles. The summed E-state index contributed by atoms with van der Waals surface area (Å²) in [6, 6.07) is 0.721. The van der Waals surface area contributed by atoms with Gasteiger partial charge >= 0.3 is 0 Å². The number of nitrogens with zero attached hydrogens (tertiary/aromatic N) is 2. The van der Waals surface area contributed by atoms with Gasteiger partial charge in [0.1, 0.15) is 6.54 Å². The van der Waals surface area contributed by atoms with E-state index in [1.807, 2.05) is 0 Å². The zero-order valence-corrected chi connectivity index (χ0v) is 18.6. The van der Waals surface area contributed by atoms with Crippen molar-refractivity contribution in [3.05, 3.63) is 0 Å². The molecule has 2 rings (SSSR count). The molecule has 2 fully saturated rings. The van der Waals surface area contributed by atoms with Crippen molar-refractivity contribution in [3.63, 3.8) is 0 Å². The minimum Gasteiger partial charge on any atom is -0.378 e. The van der Waals surface area contributed by atoms with Crippen molar-refractivity contribution >= 4 is 35.8 Å². The number of halogens is 1. The lowest BCUT2D eigenvalue weighted by Crippen LogP contribution is -2.69. The number of hydrogen-bond acceptors (Lipinski definition) is 3. The minimum atomic E-state index is 0. The van der Waals surface area contributed by atoms with E-state index in [9.17, 15) is 4.79 Å². The summed E-state index contributed by atoms with van der Waals surface area (Å²) in [4.78, 5) is 17.9. The van der Waals surface area contributed by atoms with Crippen molar-refractivity contribution in [2.75, 3.05) is 27.2 Å². The van der Waals surface area contributed by atoms with Crippen LogP contribution < -0.4 is 10.6 Å². The molecule has 25 heavy (non-hydrogen) atoms. The molecule has 6 nitrogen and oxygen atoms in total. The Labute approximate surface area is 169 Å². The molecule has 0 aliphatic heterocycles. The predicted molar refractivity (Wildman–Crippen MR) is 113 cm³/mol. The Morgan fingerprint density at radius 2 is 2.04 bits per heavy atom. The summed E-state index contributed by atoms with van der Waals surface area (Å²) in [6.07, 6.45) is 6.15. The van der Waals surface area contributed by atoms with Gasteiger partial charge < -0.3 is 20.3 Å². The van der Waals surface area contributed by atoms with E-state index in [0.29, 0.717) is 18.2 Å². The maximum atomic E-state index is 11.8. The summed E-state index contributed by atoms with van der Waals surface area (Å²) in [5.74, 6) is 0.769. The van der Waals surface area contributed by atoms with Crippen LogP contribution in [0, 0.1) is 5.41 Å². The Bertz CT molecular complexity index is 466. The van der Waals surface area contributed by atoms with E-state index in [-0.39, 0.29) is 41.8 Å². The molecule has 146 valence electrons. The van der Waals surface area contributed by atoms with Gasteiger partial charge in [0.15, 0.2) is 5.96 Å². The molecule has 2 aliphatic rings. The topological polar surface area (TPSA) is 66.0 Å². The number of guanidine groups is 1. The van der Waals surface area contributed by atoms with E-state index in [0.717, 1.165) is 25.4 Å². The molecule has 0 aromatic rings. The SMILES string of the molecule is CCOC1CC(NC(=NCC(=O)N(C)C)NC(C)CC)C12CCC2.I. The zero-order valence-electron chi connectivity index (χ0n) is 16.3. The summed E-state index contributed by atoms with van der Waals surface area (Å²) < 4.78 is 5.92. The molecular formula is C18H35IN4O2. The average Bonchev–Trinajstić information content (AvgIpc) is 2.48. The second-order valence-corrected chi connectivity index (χ2v) is 7.37. The molecule has 7 heteroatoms. The van der Waals surface area contributed by atoms with Gasteiger partial charge in [-0.3, -0.25) is 4.79 Å². The Balaban J connectivity index is 0.00000312. The molecule has 2 N–H and O–H groups in total. The number of carbonyl (C=O) groups is 1. The third kappa shape index (κ3) is 5.21. The van der Waals surface area contributed by atoms with Crippen LogP contribution in [0.25, 0.3) is 0 Å². The number of hydrogen-bond donors (Lipinski definition) is 2. The molecule has 0 saturated heterocycles. The van der Waals surface area contributed by atoms with Gasteiger partial charge in [-0.1, -0.05) is 13.3 Å². The first-order valence-electron chi connectivity index (χ1n) is 9.32. The molecule has 3 unspecified atom stereocenters. The quantitative estimate of drug-likeness (QED) is 0.344. The summed E-state index contributed by atoms with van der Waals surface area (Å²) in [6.45, 7) is 7.29. The average molecular weight is 466 g/mol. The standard InChI is InChI=1S/C18H34N4O2.HI/c1-6-13(3)20-17(19-12-16(23)22(4)5)21-14-11-15(24-7-2)18(14)9-8-10-18;/h13-15H,6-12H2,1-5H3,(H2,19,20,21);1H. The van der Waals surface area contributed by atoms with Crippen LogP contribution in [0.5, 0.6) is 0 Å². The second-order valence-electron chi connectivity index (χ2n) is 7.37. The van der Waals surface area contributed by atoms with E-state index in [4.69, 9.17) is 4.74 Å². The van der Waals surface area contributed by atoms with Crippen LogP contribution in [-0.4, -0.2) is 62.2 Å². The summed E-state index contributed by atoms with van der Waals surface area (Å²) >= 11 is 0. The number of likely N-dealkylation sites (N-methyl/N-ethyl adjacent to an activating group) is 1. The van der Waals surface area contributed by atoms with E-state index in [1.54, 1.807) is 19.0 Å². The molecule has 0 bridgehead atoms. The fourth-order valence-corrected chi connectivity index (χ4v) is 3.56. The lowest BCUT2D eigenvalue weighted by Gasteiger charge is -2.61.